The number of unbranched alkanes of at least 4 members (excludes halogenated alkanes) is 11. The van der Waals surface area contributed by atoms with Crippen LogP contribution in [0.3, 0.4) is 0 Å². The van der Waals surface area contributed by atoms with E-state index < -0.39 is 17.9 Å². The Morgan fingerprint density at radius 1 is 0.652 bits per heavy atom. The monoisotopic (exact) mass is 328 g/mol. The average molecular weight is 328 g/mol. The number of ether oxygens (including phenoxy) is 2. The molecule has 0 saturated heterocycles. The van der Waals surface area contributed by atoms with Crippen molar-refractivity contribution in [2.45, 2.75) is 90.4 Å². The van der Waals surface area contributed by atoms with Crippen molar-refractivity contribution in [3.8, 4) is 0 Å². The van der Waals surface area contributed by atoms with Gasteiger partial charge in [0.1, 0.15) is 0 Å². The summed E-state index contributed by atoms with van der Waals surface area (Å²) in [7, 11) is 2.61. The molecule has 23 heavy (non-hydrogen) atoms. The van der Waals surface area contributed by atoms with Crippen LogP contribution in [0, 0.1) is 5.92 Å². The van der Waals surface area contributed by atoms with E-state index in [0.717, 1.165) is 12.8 Å². The molecule has 136 valence electrons. The lowest BCUT2D eigenvalue weighted by Crippen LogP contribution is -2.26. The lowest BCUT2D eigenvalue weighted by atomic mass is 10.00. The summed E-state index contributed by atoms with van der Waals surface area (Å²) in [5.74, 6) is -1.73. The Morgan fingerprint density at radius 3 is 1.35 bits per heavy atom. The summed E-state index contributed by atoms with van der Waals surface area (Å²) >= 11 is 0. The van der Waals surface area contributed by atoms with Crippen LogP contribution in [0.2, 0.25) is 0 Å². The van der Waals surface area contributed by atoms with Crippen molar-refractivity contribution >= 4 is 11.9 Å². The number of esters is 2. The third-order valence-corrected chi connectivity index (χ3v) is 4.32. The molecule has 0 spiro atoms. The lowest BCUT2D eigenvalue weighted by Gasteiger charge is -2.11. The zero-order valence-corrected chi connectivity index (χ0v) is 15.4. The molecule has 0 aliphatic carbocycles. The lowest BCUT2D eigenvalue weighted by molar-refractivity contribution is -0.159. The highest BCUT2D eigenvalue weighted by Crippen LogP contribution is 2.16. The van der Waals surface area contributed by atoms with E-state index in [-0.39, 0.29) is 0 Å². The molecule has 0 N–H and O–H groups in total. The molecule has 0 atom stereocenters. The minimum absolute atomic E-state index is 0.486. The normalized spacial score (nSPS) is 10.8. The zero-order valence-electron chi connectivity index (χ0n) is 15.4. The van der Waals surface area contributed by atoms with Gasteiger partial charge in [0.15, 0.2) is 5.92 Å². The minimum atomic E-state index is -0.756. The van der Waals surface area contributed by atoms with E-state index >= 15 is 0 Å². The van der Waals surface area contributed by atoms with Gasteiger partial charge in [-0.15, -0.1) is 0 Å². The first kappa shape index (κ1) is 21.9. The fraction of sp³-hybridized carbons (Fsp3) is 0.895. The van der Waals surface area contributed by atoms with Crippen LogP contribution < -0.4 is 0 Å². The maximum absolute atomic E-state index is 11.5. The van der Waals surface area contributed by atoms with Crippen LogP contribution in [0.4, 0.5) is 0 Å². The number of methoxy groups -OCH3 is 2. The molecule has 0 aliphatic heterocycles. The predicted octanol–water partition coefficient (Wildman–Crippen LogP) is 5.04. The second-order valence-electron chi connectivity index (χ2n) is 6.28. The fourth-order valence-electron chi connectivity index (χ4n) is 2.81. The third kappa shape index (κ3) is 12.1. The maximum Gasteiger partial charge on any atom is 0.320 e. The van der Waals surface area contributed by atoms with E-state index in [4.69, 9.17) is 0 Å². The Labute approximate surface area is 142 Å². The van der Waals surface area contributed by atoms with Gasteiger partial charge in [-0.3, -0.25) is 9.59 Å². The first-order valence-electron chi connectivity index (χ1n) is 9.33. The molecule has 0 heterocycles. The average Bonchev–Trinajstić information content (AvgIpc) is 2.57. The van der Waals surface area contributed by atoms with E-state index in [9.17, 15) is 9.59 Å². The minimum Gasteiger partial charge on any atom is -0.468 e. The Balaban J connectivity index is 3.49. The fourth-order valence-corrected chi connectivity index (χ4v) is 2.81. The van der Waals surface area contributed by atoms with Crippen LogP contribution >= 0.6 is 0 Å². The van der Waals surface area contributed by atoms with E-state index in [1.54, 1.807) is 0 Å². The molecule has 0 bridgehead atoms. The van der Waals surface area contributed by atoms with Gasteiger partial charge in [-0.25, -0.2) is 0 Å². The summed E-state index contributed by atoms with van der Waals surface area (Å²) in [6.45, 7) is 2.25. The third-order valence-electron chi connectivity index (χ3n) is 4.32. The highest BCUT2D eigenvalue weighted by atomic mass is 16.5. The van der Waals surface area contributed by atoms with Crippen molar-refractivity contribution in [2.75, 3.05) is 14.2 Å². The van der Waals surface area contributed by atoms with Crippen LogP contribution in [0.15, 0.2) is 0 Å². The van der Waals surface area contributed by atoms with Crippen LogP contribution in [0.25, 0.3) is 0 Å². The Bertz CT molecular complexity index is 286. The van der Waals surface area contributed by atoms with E-state index in [2.05, 4.69) is 16.4 Å². The molecule has 4 heteroatoms. The van der Waals surface area contributed by atoms with E-state index in [1.165, 1.54) is 78.4 Å². The first-order valence-corrected chi connectivity index (χ1v) is 9.33. The van der Waals surface area contributed by atoms with Crippen LogP contribution in [-0.4, -0.2) is 26.2 Å². The molecule has 0 radical (unpaired) electrons. The van der Waals surface area contributed by atoms with Crippen molar-refractivity contribution in [1.82, 2.24) is 0 Å². The van der Waals surface area contributed by atoms with Crippen LogP contribution in [-0.2, 0) is 19.1 Å². The summed E-state index contributed by atoms with van der Waals surface area (Å²) in [6.07, 6.45) is 15.7. The molecule has 0 unspecified atom stereocenters. The topological polar surface area (TPSA) is 52.6 Å². The summed E-state index contributed by atoms with van der Waals surface area (Å²) in [4.78, 5) is 23.0. The van der Waals surface area contributed by atoms with Crippen molar-refractivity contribution in [3.63, 3.8) is 0 Å². The van der Waals surface area contributed by atoms with E-state index in [0.29, 0.717) is 6.42 Å². The standard InChI is InChI=1S/C19H36O4/c1-4-5-6-7-8-9-10-11-12-13-14-15-16-17(18(20)22-2)19(21)23-3/h17H,4-16H2,1-3H3. The number of carbonyl (C=O) groups is 2. The van der Waals surface area contributed by atoms with Gasteiger partial charge in [-0.05, 0) is 6.42 Å². The molecule has 0 rings (SSSR count). The Kier molecular flexibility index (Phi) is 15.1. The second-order valence-corrected chi connectivity index (χ2v) is 6.28. The quantitative estimate of drug-likeness (QED) is 0.240. The molecule has 0 saturated carbocycles. The highest BCUT2D eigenvalue weighted by molar-refractivity contribution is 5.94. The molecule has 0 aromatic rings. The Morgan fingerprint density at radius 2 is 1.00 bits per heavy atom. The molecule has 0 amide bonds. The Hall–Kier alpha value is -1.06. The van der Waals surface area contributed by atoms with Gasteiger partial charge in [0.25, 0.3) is 0 Å². The molecular formula is C19H36O4. The number of hydrogen-bond acceptors (Lipinski definition) is 4. The molecular weight excluding hydrogens is 292 g/mol. The zero-order chi connectivity index (χ0) is 17.3. The van der Waals surface area contributed by atoms with Gasteiger partial charge in [-0.2, -0.15) is 0 Å². The molecule has 0 aliphatic rings. The maximum atomic E-state index is 11.5. The van der Waals surface area contributed by atoms with Gasteiger partial charge in [-0.1, -0.05) is 84.0 Å². The molecule has 0 fully saturated rings. The highest BCUT2D eigenvalue weighted by Gasteiger charge is 2.27. The second kappa shape index (κ2) is 15.8. The summed E-state index contributed by atoms with van der Waals surface area (Å²) in [5, 5.41) is 0. The van der Waals surface area contributed by atoms with Gasteiger partial charge in [0.05, 0.1) is 14.2 Å². The molecule has 0 aromatic carbocycles. The predicted molar refractivity (Wildman–Crippen MR) is 93.2 cm³/mol. The number of rotatable bonds is 15. The molecule has 0 aromatic heterocycles. The van der Waals surface area contributed by atoms with Crippen molar-refractivity contribution < 1.29 is 19.1 Å². The summed E-state index contributed by atoms with van der Waals surface area (Å²) < 4.78 is 9.31. The SMILES string of the molecule is CCCCCCCCCCCCCCC(C(=O)OC)C(=O)OC. The van der Waals surface area contributed by atoms with Gasteiger partial charge in [0.2, 0.25) is 0 Å². The van der Waals surface area contributed by atoms with Crippen LogP contribution in [0.5, 0.6) is 0 Å². The van der Waals surface area contributed by atoms with Crippen molar-refractivity contribution in [2.24, 2.45) is 5.92 Å². The van der Waals surface area contributed by atoms with Crippen LogP contribution in [0.1, 0.15) is 90.4 Å². The largest absolute Gasteiger partial charge is 0.468 e. The van der Waals surface area contributed by atoms with Gasteiger partial charge >= 0.3 is 11.9 Å². The van der Waals surface area contributed by atoms with Crippen molar-refractivity contribution in [1.29, 1.82) is 0 Å². The number of hydrogen-bond donors (Lipinski definition) is 0. The van der Waals surface area contributed by atoms with E-state index in [1.807, 2.05) is 0 Å². The summed E-state index contributed by atoms with van der Waals surface area (Å²) in [5.41, 5.74) is 0. The first-order chi connectivity index (χ1) is 11.2. The number of carbonyl (C=O) groups excluding carboxylic acids is 2. The van der Waals surface area contributed by atoms with Gasteiger partial charge in [0, 0.05) is 0 Å². The van der Waals surface area contributed by atoms with Gasteiger partial charge < -0.3 is 9.47 Å². The molecule has 4 nitrogen and oxygen atoms in total. The smallest absolute Gasteiger partial charge is 0.320 e. The van der Waals surface area contributed by atoms with Crippen molar-refractivity contribution in [3.05, 3.63) is 0 Å². The summed E-state index contributed by atoms with van der Waals surface area (Å²) in [6, 6.07) is 0.